The molecule has 0 saturated carbocycles. The highest BCUT2D eigenvalue weighted by atomic mass is 79.9. The first-order valence-electron chi connectivity index (χ1n) is 4.35. The van der Waals surface area contributed by atoms with Crippen molar-refractivity contribution in [3.8, 4) is 6.07 Å². The average molecular weight is 289 g/mol. The number of hydrogen-bond donors (Lipinski definition) is 0. The van der Waals surface area contributed by atoms with Crippen LogP contribution in [0.1, 0.15) is 18.9 Å². The van der Waals surface area contributed by atoms with Crippen LogP contribution >= 0.6 is 27.5 Å². The maximum atomic E-state index is 13.5. The van der Waals surface area contributed by atoms with Gasteiger partial charge in [0.25, 0.3) is 0 Å². The van der Waals surface area contributed by atoms with E-state index in [4.69, 9.17) is 16.9 Å². The van der Waals surface area contributed by atoms with Crippen LogP contribution in [-0.4, -0.2) is 0 Å². The fraction of sp³-hybridized carbons (Fsp3) is 0.182. The summed E-state index contributed by atoms with van der Waals surface area (Å²) in [6, 6.07) is 6.54. The van der Waals surface area contributed by atoms with Crippen LogP contribution in [0.25, 0.3) is 5.03 Å². The summed E-state index contributed by atoms with van der Waals surface area (Å²) in [5.41, 5.74) is 0.625. The Bertz CT molecular complexity index is 428. The predicted molar refractivity (Wildman–Crippen MR) is 62.8 cm³/mol. The Balaban J connectivity index is 3.41. The number of hydrogen-bond acceptors (Lipinski definition) is 1. The molecule has 4 heteroatoms. The maximum Gasteiger partial charge on any atom is 0.133 e. The first-order chi connectivity index (χ1) is 7.11. The summed E-state index contributed by atoms with van der Waals surface area (Å²) < 4.78 is 14.0. The van der Waals surface area contributed by atoms with E-state index in [0.717, 1.165) is 0 Å². The minimum atomic E-state index is -0.435. The van der Waals surface area contributed by atoms with Gasteiger partial charge >= 0.3 is 0 Å². The van der Waals surface area contributed by atoms with Crippen molar-refractivity contribution in [2.45, 2.75) is 13.3 Å². The third-order valence-electron chi connectivity index (χ3n) is 1.94. The normalized spacial score (nSPS) is 11.9. The van der Waals surface area contributed by atoms with Gasteiger partial charge in [-0.25, -0.2) is 4.39 Å². The van der Waals surface area contributed by atoms with E-state index in [-0.39, 0.29) is 10.6 Å². The molecule has 0 bridgehead atoms. The zero-order chi connectivity index (χ0) is 11.4. The first-order valence-corrected chi connectivity index (χ1v) is 5.52. The van der Waals surface area contributed by atoms with Crippen LogP contribution in [0.2, 0.25) is 0 Å². The van der Waals surface area contributed by atoms with Crippen LogP contribution in [0.5, 0.6) is 0 Å². The second kappa shape index (κ2) is 5.29. The quantitative estimate of drug-likeness (QED) is 0.737. The highest BCUT2D eigenvalue weighted by molar-refractivity contribution is 9.10. The molecular formula is C11H8BrClFN. The number of nitriles is 1. The van der Waals surface area contributed by atoms with Gasteiger partial charge in [0, 0.05) is 15.6 Å². The maximum absolute atomic E-state index is 13.5. The fourth-order valence-electron chi connectivity index (χ4n) is 1.14. The van der Waals surface area contributed by atoms with Crippen LogP contribution in [0, 0.1) is 17.1 Å². The smallest absolute Gasteiger partial charge is 0.133 e. The van der Waals surface area contributed by atoms with E-state index in [1.807, 2.05) is 6.07 Å². The summed E-state index contributed by atoms with van der Waals surface area (Å²) in [7, 11) is 0. The van der Waals surface area contributed by atoms with Crippen molar-refractivity contribution in [3.05, 3.63) is 39.6 Å². The minimum absolute atomic E-state index is 0.171. The van der Waals surface area contributed by atoms with Gasteiger partial charge in [-0.15, -0.1) is 0 Å². The molecule has 0 atom stereocenters. The van der Waals surface area contributed by atoms with Gasteiger partial charge in [-0.3, -0.25) is 0 Å². The predicted octanol–water partition coefficient (Wildman–Crippen LogP) is 4.47. The van der Waals surface area contributed by atoms with Gasteiger partial charge < -0.3 is 0 Å². The van der Waals surface area contributed by atoms with Crippen LogP contribution in [0.4, 0.5) is 4.39 Å². The summed E-state index contributed by atoms with van der Waals surface area (Å²) in [5.74, 6) is -0.435. The Morgan fingerprint density at radius 3 is 2.73 bits per heavy atom. The van der Waals surface area contributed by atoms with Crippen molar-refractivity contribution >= 4 is 32.6 Å². The average Bonchev–Trinajstić information content (AvgIpc) is 2.19. The standard InChI is InChI=1S/C11H8BrClFN/c1-2-7(6-15)11(13)10-8(12)4-3-5-9(10)14/h3-5H,2H2,1H3/b11-7-. The largest absolute Gasteiger partial charge is 0.206 e. The monoisotopic (exact) mass is 287 g/mol. The molecule has 0 radical (unpaired) electrons. The molecule has 1 aromatic rings. The molecule has 0 N–H and O–H groups in total. The second-order valence-corrected chi connectivity index (χ2v) is 4.09. The van der Waals surface area contributed by atoms with E-state index in [2.05, 4.69) is 15.9 Å². The molecule has 15 heavy (non-hydrogen) atoms. The molecule has 78 valence electrons. The molecular weight excluding hydrogens is 280 g/mol. The molecule has 1 nitrogen and oxygen atoms in total. The Morgan fingerprint density at radius 1 is 1.60 bits per heavy atom. The van der Waals surface area contributed by atoms with Crippen LogP contribution in [0.3, 0.4) is 0 Å². The van der Waals surface area contributed by atoms with Gasteiger partial charge in [-0.1, -0.05) is 40.5 Å². The van der Waals surface area contributed by atoms with Crippen molar-refractivity contribution in [1.29, 1.82) is 5.26 Å². The lowest BCUT2D eigenvalue weighted by atomic mass is 10.1. The van der Waals surface area contributed by atoms with E-state index in [0.29, 0.717) is 16.5 Å². The molecule has 0 fully saturated rings. The van der Waals surface area contributed by atoms with Gasteiger partial charge in [-0.05, 0) is 18.6 Å². The van der Waals surface area contributed by atoms with Crippen molar-refractivity contribution in [2.75, 3.05) is 0 Å². The highest BCUT2D eigenvalue weighted by Gasteiger charge is 2.13. The molecule has 0 amide bonds. The van der Waals surface area contributed by atoms with Gasteiger partial charge in [0.2, 0.25) is 0 Å². The number of benzene rings is 1. The number of halogens is 3. The molecule has 0 saturated heterocycles. The van der Waals surface area contributed by atoms with Gasteiger partial charge in [0.1, 0.15) is 5.82 Å². The summed E-state index contributed by atoms with van der Waals surface area (Å²) >= 11 is 9.18. The molecule has 0 aromatic heterocycles. The molecule has 0 aliphatic rings. The summed E-state index contributed by atoms with van der Waals surface area (Å²) in [5, 5.41) is 8.98. The zero-order valence-electron chi connectivity index (χ0n) is 8.02. The van der Waals surface area contributed by atoms with Gasteiger partial charge in [-0.2, -0.15) is 5.26 Å². The number of nitrogens with zero attached hydrogens (tertiary/aromatic N) is 1. The Hall–Kier alpha value is -0.850. The van der Waals surface area contributed by atoms with Gasteiger partial charge in [0.05, 0.1) is 11.1 Å². The molecule has 0 aliphatic carbocycles. The third kappa shape index (κ3) is 2.58. The van der Waals surface area contributed by atoms with Crippen LogP contribution in [0.15, 0.2) is 28.2 Å². The fourth-order valence-corrected chi connectivity index (χ4v) is 2.16. The Morgan fingerprint density at radius 2 is 2.27 bits per heavy atom. The molecule has 1 rings (SSSR count). The van der Waals surface area contributed by atoms with E-state index in [1.54, 1.807) is 19.1 Å². The molecule has 0 spiro atoms. The lowest BCUT2D eigenvalue weighted by Crippen LogP contribution is -1.90. The summed E-state index contributed by atoms with van der Waals surface area (Å²) in [6.45, 7) is 1.80. The molecule has 0 heterocycles. The van der Waals surface area contributed by atoms with E-state index < -0.39 is 5.82 Å². The Kier molecular flexibility index (Phi) is 4.31. The van der Waals surface area contributed by atoms with Crippen LogP contribution in [-0.2, 0) is 0 Å². The van der Waals surface area contributed by atoms with Crippen molar-refractivity contribution in [1.82, 2.24) is 0 Å². The summed E-state index contributed by atoms with van der Waals surface area (Å²) in [6.07, 6.45) is 0.482. The SMILES string of the molecule is CC/C(C#N)=C(/Cl)c1c(F)cccc1Br. The lowest BCUT2D eigenvalue weighted by molar-refractivity contribution is 0.623. The van der Waals surface area contributed by atoms with Gasteiger partial charge in [0.15, 0.2) is 0 Å². The van der Waals surface area contributed by atoms with E-state index in [1.165, 1.54) is 6.07 Å². The molecule has 0 aliphatic heterocycles. The highest BCUT2D eigenvalue weighted by Crippen LogP contribution is 2.32. The second-order valence-electron chi connectivity index (χ2n) is 2.85. The van der Waals surface area contributed by atoms with Crippen molar-refractivity contribution in [2.24, 2.45) is 0 Å². The molecule has 1 aromatic carbocycles. The van der Waals surface area contributed by atoms with E-state index in [9.17, 15) is 4.39 Å². The molecule has 0 unspecified atom stereocenters. The van der Waals surface area contributed by atoms with Crippen molar-refractivity contribution in [3.63, 3.8) is 0 Å². The number of allylic oxidation sites excluding steroid dienone is 1. The van der Waals surface area contributed by atoms with Crippen molar-refractivity contribution < 1.29 is 4.39 Å². The topological polar surface area (TPSA) is 23.8 Å². The summed E-state index contributed by atoms with van der Waals surface area (Å²) in [4.78, 5) is 0. The Labute approximate surface area is 101 Å². The van der Waals surface area contributed by atoms with E-state index >= 15 is 0 Å². The number of rotatable bonds is 2. The lowest BCUT2D eigenvalue weighted by Gasteiger charge is -2.06. The zero-order valence-corrected chi connectivity index (χ0v) is 10.4. The minimum Gasteiger partial charge on any atom is -0.206 e. The third-order valence-corrected chi connectivity index (χ3v) is 3.01. The first kappa shape index (κ1) is 12.2. The van der Waals surface area contributed by atoms with Crippen LogP contribution < -0.4 is 0 Å².